The van der Waals surface area contributed by atoms with E-state index in [9.17, 15) is 19.2 Å². The number of hydrogen-bond acceptors (Lipinski definition) is 12. The van der Waals surface area contributed by atoms with E-state index in [1.165, 1.54) is 26.9 Å². The molecule has 1 fully saturated rings. The van der Waals surface area contributed by atoms with Crippen LogP contribution >= 0.6 is 21.6 Å². The first kappa shape index (κ1) is 31.4. The second-order valence-electron chi connectivity index (χ2n) is 8.74. The summed E-state index contributed by atoms with van der Waals surface area (Å²) in [7, 11) is 5.81. The van der Waals surface area contributed by atoms with Crippen molar-refractivity contribution >= 4 is 45.3 Å². The number of aromatic amines is 2. The summed E-state index contributed by atoms with van der Waals surface area (Å²) in [4.78, 5) is 62.8. The third-order valence-corrected chi connectivity index (χ3v) is 8.30. The zero-order valence-electron chi connectivity index (χ0n) is 22.3. The molecular weight excluding hydrogens is 564 g/mol. The predicted molar refractivity (Wildman–Crippen MR) is 146 cm³/mol. The maximum atomic E-state index is 12.5. The van der Waals surface area contributed by atoms with Crippen LogP contribution in [0.15, 0.2) is 25.0 Å². The molecule has 0 aliphatic carbocycles. The molecule has 0 aromatic carbocycles. The van der Waals surface area contributed by atoms with Gasteiger partial charge in [-0.25, -0.2) is 19.6 Å². The van der Waals surface area contributed by atoms with Crippen LogP contribution in [-0.2, 0) is 51.0 Å². The zero-order valence-corrected chi connectivity index (χ0v) is 23.9. The lowest BCUT2D eigenvalue weighted by Crippen LogP contribution is -2.44. The van der Waals surface area contributed by atoms with Crippen LogP contribution in [0.25, 0.3) is 0 Å². The average molecular weight is 599 g/mol. The highest BCUT2D eigenvalue weighted by Gasteiger charge is 2.29. The number of methoxy groups -OCH3 is 2. The van der Waals surface area contributed by atoms with E-state index in [1.54, 1.807) is 34.0 Å². The van der Waals surface area contributed by atoms with Crippen LogP contribution in [0, 0.1) is 0 Å². The molecule has 4 N–H and O–H groups in total. The van der Waals surface area contributed by atoms with E-state index in [2.05, 4.69) is 30.6 Å². The molecule has 40 heavy (non-hydrogen) atoms. The zero-order chi connectivity index (χ0) is 28.7. The number of nitrogens with zero attached hydrogens (tertiary/aromatic N) is 2. The molecule has 1 aliphatic heterocycles. The maximum Gasteiger partial charge on any atom is 0.328 e. The summed E-state index contributed by atoms with van der Waals surface area (Å²) >= 11 is 0. The van der Waals surface area contributed by atoms with E-state index in [1.807, 2.05) is 0 Å². The molecule has 2 aromatic heterocycles. The van der Waals surface area contributed by atoms with Crippen LogP contribution in [-0.4, -0.2) is 107 Å². The molecule has 220 valence electrons. The predicted octanol–water partition coefficient (Wildman–Crippen LogP) is 0.179. The number of nitrogens with one attached hydrogen (secondary N) is 4. The summed E-state index contributed by atoms with van der Waals surface area (Å²) in [6, 6.07) is -1.69. The molecule has 1 aliphatic rings. The Morgan fingerprint density at radius 2 is 1.25 bits per heavy atom. The third-order valence-electron chi connectivity index (χ3n) is 5.88. The van der Waals surface area contributed by atoms with Gasteiger partial charge in [-0.05, 0) is 0 Å². The van der Waals surface area contributed by atoms with E-state index in [4.69, 9.17) is 18.9 Å². The Hall–Kier alpha value is -3.08. The highest BCUT2D eigenvalue weighted by Crippen LogP contribution is 2.32. The lowest BCUT2D eigenvalue weighted by molar-refractivity contribution is -0.145. The summed E-state index contributed by atoms with van der Waals surface area (Å²) in [5.41, 5.74) is 1.38. The summed E-state index contributed by atoms with van der Waals surface area (Å²) < 4.78 is 21.5. The topological polar surface area (TPSA) is 187 Å². The summed E-state index contributed by atoms with van der Waals surface area (Å²) in [6.45, 7) is 0.267. The Bertz CT molecular complexity index is 987. The lowest BCUT2D eigenvalue weighted by atomic mass is 10.1. The Kier molecular flexibility index (Phi) is 13.3. The van der Waals surface area contributed by atoms with E-state index in [0.717, 1.165) is 0 Å². The van der Waals surface area contributed by atoms with Crippen LogP contribution in [0.1, 0.15) is 24.2 Å². The van der Waals surface area contributed by atoms with Gasteiger partial charge in [0.05, 0.1) is 52.3 Å². The van der Waals surface area contributed by atoms with Crippen molar-refractivity contribution in [3.8, 4) is 0 Å². The van der Waals surface area contributed by atoms with Gasteiger partial charge in [-0.3, -0.25) is 9.59 Å². The number of rotatable bonds is 16. The quantitative estimate of drug-likeness (QED) is 0.152. The normalized spacial score (nSPS) is 18.4. The van der Waals surface area contributed by atoms with Crippen molar-refractivity contribution in [3.05, 3.63) is 36.4 Å². The molecule has 0 radical (unpaired) electrons. The smallest absolute Gasteiger partial charge is 0.328 e. The number of aromatic nitrogens is 4. The standard InChI is InChI=1S/C24H34N6O8S2/c1-35-23(33)17(7-15-9-25-13-27-15)29-21(31)3-5-37-19-11-39-40-12-20(19)38-6-4-22(32)30-18(24(34)36-2)8-16-10-26-14-28-16/h9-10,13-14,17-20H,3-8,11-12H2,1-2H3,(H,25,27)(H,26,28)(H,29,31)(H,30,32)/t17?,18?,19-,20-/m1/s1. The molecule has 2 amide bonds. The first-order chi connectivity index (χ1) is 19.4. The maximum absolute atomic E-state index is 12.5. The number of carbonyl (C=O) groups is 4. The molecule has 0 bridgehead atoms. The fraction of sp³-hybridized carbons (Fsp3) is 0.583. The molecule has 16 heteroatoms. The minimum Gasteiger partial charge on any atom is -0.467 e. The number of esters is 2. The van der Waals surface area contributed by atoms with E-state index in [-0.39, 0.29) is 62.9 Å². The van der Waals surface area contributed by atoms with Gasteiger partial charge in [0.2, 0.25) is 11.8 Å². The van der Waals surface area contributed by atoms with Crippen molar-refractivity contribution in [2.45, 2.75) is 50.0 Å². The van der Waals surface area contributed by atoms with Gasteiger partial charge in [-0.15, -0.1) is 0 Å². The lowest BCUT2D eigenvalue weighted by Gasteiger charge is -2.30. The van der Waals surface area contributed by atoms with Gasteiger partial charge in [0.25, 0.3) is 0 Å². The van der Waals surface area contributed by atoms with Gasteiger partial charge in [0.1, 0.15) is 12.1 Å². The molecule has 0 saturated carbocycles. The third kappa shape index (κ3) is 10.5. The van der Waals surface area contributed by atoms with E-state index < -0.39 is 24.0 Å². The van der Waals surface area contributed by atoms with Gasteiger partial charge >= 0.3 is 11.9 Å². The van der Waals surface area contributed by atoms with Crippen LogP contribution in [0.5, 0.6) is 0 Å². The van der Waals surface area contributed by atoms with E-state index >= 15 is 0 Å². The van der Waals surface area contributed by atoms with Crippen LogP contribution in [0.3, 0.4) is 0 Å². The Balaban J connectivity index is 1.40. The van der Waals surface area contributed by atoms with Crippen LogP contribution in [0.2, 0.25) is 0 Å². The van der Waals surface area contributed by atoms with Crippen molar-refractivity contribution in [2.75, 3.05) is 38.9 Å². The van der Waals surface area contributed by atoms with Gasteiger partial charge in [-0.2, -0.15) is 0 Å². The number of imidazole rings is 2. The second-order valence-corrected chi connectivity index (χ2v) is 11.3. The molecule has 14 nitrogen and oxygen atoms in total. The highest BCUT2D eigenvalue weighted by atomic mass is 33.1. The van der Waals surface area contributed by atoms with Crippen molar-refractivity contribution < 1.29 is 38.1 Å². The van der Waals surface area contributed by atoms with Crippen molar-refractivity contribution in [1.82, 2.24) is 30.6 Å². The molecule has 4 atom stereocenters. The molecule has 2 unspecified atom stereocenters. The molecule has 0 spiro atoms. The minimum atomic E-state index is -0.847. The highest BCUT2D eigenvalue weighted by molar-refractivity contribution is 8.76. The Morgan fingerprint density at radius 1 is 0.825 bits per heavy atom. The Morgan fingerprint density at radius 3 is 1.60 bits per heavy atom. The number of hydrogen-bond donors (Lipinski definition) is 4. The van der Waals surface area contributed by atoms with Crippen LogP contribution < -0.4 is 10.6 Å². The largest absolute Gasteiger partial charge is 0.467 e. The number of amides is 2. The summed E-state index contributed by atoms with van der Waals surface area (Å²) in [5, 5.41) is 5.36. The van der Waals surface area contributed by atoms with Gasteiger partial charge in [0, 0.05) is 61.0 Å². The summed E-state index contributed by atoms with van der Waals surface area (Å²) in [6.07, 6.45) is 6.14. The van der Waals surface area contributed by atoms with Gasteiger partial charge < -0.3 is 39.5 Å². The second kappa shape index (κ2) is 16.9. The monoisotopic (exact) mass is 598 g/mol. The van der Waals surface area contributed by atoms with Crippen LogP contribution in [0.4, 0.5) is 0 Å². The fourth-order valence-corrected chi connectivity index (χ4v) is 6.26. The molecular formula is C24H34N6O8S2. The molecule has 3 heterocycles. The van der Waals surface area contributed by atoms with Gasteiger partial charge in [0.15, 0.2) is 0 Å². The van der Waals surface area contributed by atoms with Crippen molar-refractivity contribution in [1.29, 1.82) is 0 Å². The van der Waals surface area contributed by atoms with Crippen molar-refractivity contribution in [3.63, 3.8) is 0 Å². The average Bonchev–Trinajstić information content (AvgIpc) is 3.67. The molecule has 1 saturated heterocycles. The SMILES string of the molecule is COC(=O)C(Cc1cnc[nH]1)NC(=O)CCO[C@@H]1CSSC[C@H]1OCCC(=O)NC(Cc1cnc[nH]1)C(=O)OC. The van der Waals surface area contributed by atoms with Gasteiger partial charge in [-0.1, -0.05) is 21.6 Å². The first-order valence-electron chi connectivity index (χ1n) is 12.6. The minimum absolute atomic E-state index is 0.0468. The van der Waals surface area contributed by atoms with Crippen molar-refractivity contribution in [2.24, 2.45) is 0 Å². The number of ether oxygens (including phenoxy) is 4. The van der Waals surface area contributed by atoms with E-state index in [0.29, 0.717) is 22.9 Å². The summed E-state index contributed by atoms with van der Waals surface area (Å²) in [5.74, 6) is -0.498. The molecule has 2 aromatic rings. The number of carbonyl (C=O) groups excluding carboxylic acids is 4. The Labute approximate surface area is 239 Å². The fourth-order valence-electron chi connectivity index (χ4n) is 3.80. The molecule has 3 rings (SSSR count). The first-order valence-corrected chi connectivity index (χ1v) is 15.0. The number of H-pyrrole nitrogens is 2.